The smallest absolute Gasteiger partial charge is 0.229 e. The molecule has 0 unspecified atom stereocenters. The Bertz CT molecular complexity index is 1060. The van der Waals surface area contributed by atoms with Gasteiger partial charge in [0.15, 0.2) is 5.82 Å². The van der Waals surface area contributed by atoms with E-state index in [0.717, 1.165) is 56.2 Å². The number of likely N-dealkylation sites (tertiary alicyclic amines) is 1. The Morgan fingerprint density at radius 1 is 1.06 bits per heavy atom. The monoisotopic (exact) mass is 473 g/mol. The van der Waals surface area contributed by atoms with Crippen molar-refractivity contribution >= 4 is 5.91 Å². The average molecular weight is 474 g/mol. The molecule has 3 aromatic rings. The summed E-state index contributed by atoms with van der Waals surface area (Å²) in [5, 5.41) is 7.52. The van der Waals surface area contributed by atoms with Gasteiger partial charge >= 0.3 is 0 Å². The molecule has 2 fully saturated rings. The number of carbonyl (C=O) groups is 1. The van der Waals surface area contributed by atoms with Crippen LogP contribution in [0.2, 0.25) is 0 Å². The summed E-state index contributed by atoms with van der Waals surface area (Å²) in [5.74, 6) is 2.59. The van der Waals surface area contributed by atoms with E-state index in [1.165, 1.54) is 24.8 Å². The Morgan fingerprint density at radius 2 is 1.83 bits per heavy atom. The molecule has 1 aromatic carbocycles. The highest BCUT2D eigenvalue weighted by atomic mass is 16.5. The summed E-state index contributed by atoms with van der Waals surface area (Å²) in [7, 11) is 0. The first-order chi connectivity index (χ1) is 17.2. The van der Waals surface area contributed by atoms with E-state index in [9.17, 15) is 4.79 Å². The van der Waals surface area contributed by atoms with Crippen molar-refractivity contribution in [3.8, 4) is 0 Å². The van der Waals surface area contributed by atoms with E-state index in [1.807, 2.05) is 18.2 Å². The molecular weight excluding hydrogens is 438 g/mol. The van der Waals surface area contributed by atoms with Crippen LogP contribution in [0.15, 0.2) is 59.4 Å². The molecule has 1 N–H and O–H groups in total. The Kier molecular flexibility index (Phi) is 7.83. The van der Waals surface area contributed by atoms with Crippen LogP contribution < -0.4 is 5.32 Å². The number of aromatic nitrogens is 3. The van der Waals surface area contributed by atoms with Crippen LogP contribution in [0.25, 0.3) is 0 Å². The van der Waals surface area contributed by atoms with Crippen LogP contribution in [0.1, 0.15) is 79.7 Å². The van der Waals surface area contributed by atoms with Gasteiger partial charge < -0.3 is 14.7 Å². The van der Waals surface area contributed by atoms with E-state index >= 15 is 0 Å². The fourth-order valence-electron chi connectivity index (χ4n) is 5.12. The molecule has 2 aliphatic rings. The van der Waals surface area contributed by atoms with Crippen molar-refractivity contribution < 1.29 is 9.32 Å². The summed E-state index contributed by atoms with van der Waals surface area (Å²) >= 11 is 0. The van der Waals surface area contributed by atoms with Gasteiger partial charge in [-0.2, -0.15) is 4.98 Å². The number of nitrogens with one attached hydrogen (secondary N) is 1. The van der Waals surface area contributed by atoms with E-state index in [2.05, 4.69) is 49.6 Å². The number of rotatable bonds is 10. The number of hydrogen-bond acceptors (Lipinski definition) is 6. The van der Waals surface area contributed by atoms with Crippen LogP contribution >= 0.6 is 0 Å². The zero-order chi connectivity index (χ0) is 23.9. The van der Waals surface area contributed by atoms with Crippen LogP contribution in [0, 0.1) is 5.92 Å². The second kappa shape index (κ2) is 11.6. The summed E-state index contributed by atoms with van der Waals surface area (Å²) in [5.41, 5.74) is 2.33. The predicted molar refractivity (Wildman–Crippen MR) is 134 cm³/mol. The van der Waals surface area contributed by atoms with Crippen LogP contribution in [0.4, 0.5) is 0 Å². The molecule has 1 aliphatic carbocycles. The Balaban J connectivity index is 1.11. The molecule has 35 heavy (non-hydrogen) atoms. The SMILES string of the molecule is O=C(CC1CCC1)N[C@@H](CCN1CCC(c2nc(Cc3ccncc3)no2)CC1)c1ccccc1. The van der Waals surface area contributed by atoms with E-state index < -0.39 is 0 Å². The third-order valence-corrected chi connectivity index (χ3v) is 7.50. The molecule has 5 rings (SSSR count). The van der Waals surface area contributed by atoms with Crippen molar-refractivity contribution in [3.63, 3.8) is 0 Å². The summed E-state index contributed by atoms with van der Waals surface area (Å²) in [4.78, 5) is 23.9. The largest absolute Gasteiger partial charge is 0.349 e. The highest BCUT2D eigenvalue weighted by Gasteiger charge is 2.27. The normalized spacial score (nSPS) is 18.2. The fourth-order valence-corrected chi connectivity index (χ4v) is 5.12. The minimum Gasteiger partial charge on any atom is -0.349 e. The molecule has 1 amide bonds. The second-order valence-corrected chi connectivity index (χ2v) is 10.0. The lowest BCUT2D eigenvalue weighted by molar-refractivity contribution is -0.123. The molecule has 7 heteroatoms. The topological polar surface area (TPSA) is 84.2 Å². The van der Waals surface area contributed by atoms with Gasteiger partial charge in [-0.05, 0) is 74.4 Å². The molecule has 0 radical (unpaired) electrons. The maximum Gasteiger partial charge on any atom is 0.229 e. The zero-order valence-corrected chi connectivity index (χ0v) is 20.3. The molecule has 1 saturated carbocycles. The maximum absolute atomic E-state index is 12.6. The van der Waals surface area contributed by atoms with Crippen molar-refractivity contribution in [1.82, 2.24) is 25.3 Å². The summed E-state index contributed by atoms with van der Waals surface area (Å²) in [6.45, 7) is 2.97. The first kappa shape index (κ1) is 23.7. The van der Waals surface area contributed by atoms with Gasteiger partial charge in [0, 0.05) is 37.7 Å². The molecule has 3 heterocycles. The van der Waals surface area contributed by atoms with Gasteiger partial charge in [0.05, 0.1) is 6.04 Å². The maximum atomic E-state index is 12.6. The average Bonchev–Trinajstić information content (AvgIpc) is 3.34. The molecule has 1 saturated heterocycles. The Morgan fingerprint density at radius 3 is 2.54 bits per heavy atom. The quantitative estimate of drug-likeness (QED) is 0.461. The van der Waals surface area contributed by atoms with Crippen LogP contribution in [-0.4, -0.2) is 45.6 Å². The van der Waals surface area contributed by atoms with Crippen molar-refractivity contribution in [1.29, 1.82) is 0 Å². The molecule has 0 spiro atoms. The van der Waals surface area contributed by atoms with Crippen molar-refractivity contribution in [2.45, 2.75) is 63.3 Å². The molecule has 7 nitrogen and oxygen atoms in total. The zero-order valence-electron chi connectivity index (χ0n) is 20.3. The van der Waals surface area contributed by atoms with Crippen molar-refractivity contribution in [3.05, 3.63) is 77.7 Å². The van der Waals surface area contributed by atoms with Gasteiger partial charge in [-0.25, -0.2) is 0 Å². The molecule has 0 bridgehead atoms. The standard InChI is InChI=1S/C28H35N5O2/c34-27(20-21-5-4-6-21)30-25(23-7-2-1-3-8-23)13-18-33-16-11-24(12-17-33)28-31-26(32-35-28)19-22-9-14-29-15-10-22/h1-3,7-10,14-15,21,24-25H,4-6,11-13,16-20H2,(H,30,34)/t25-/m0/s1. The minimum absolute atomic E-state index is 0.0631. The van der Waals surface area contributed by atoms with Gasteiger partial charge in [0.2, 0.25) is 11.8 Å². The second-order valence-electron chi connectivity index (χ2n) is 10.0. The number of hydrogen-bond donors (Lipinski definition) is 1. The van der Waals surface area contributed by atoms with Gasteiger partial charge in [-0.3, -0.25) is 9.78 Å². The molecular formula is C28H35N5O2. The van der Waals surface area contributed by atoms with Crippen LogP contribution in [-0.2, 0) is 11.2 Å². The summed E-state index contributed by atoms with van der Waals surface area (Å²) in [6, 6.07) is 14.4. The van der Waals surface area contributed by atoms with Crippen LogP contribution in [0.3, 0.4) is 0 Å². The molecule has 1 atom stereocenters. The van der Waals surface area contributed by atoms with Crippen molar-refractivity contribution in [2.75, 3.05) is 19.6 Å². The van der Waals surface area contributed by atoms with Gasteiger partial charge in [-0.1, -0.05) is 41.9 Å². The highest BCUT2D eigenvalue weighted by molar-refractivity contribution is 5.76. The molecule has 184 valence electrons. The highest BCUT2D eigenvalue weighted by Crippen LogP contribution is 2.30. The van der Waals surface area contributed by atoms with E-state index in [0.29, 0.717) is 24.7 Å². The lowest BCUT2D eigenvalue weighted by Crippen LogP contribution is -2.37. The van der Waals surface area contributed by atoms with Gasteiger partial charge in [0.1, 0.15) is 0 Å². The molecule has 2 aromatic heterocycles. The first-order valence-corrected chi connectivity index (χ1v) is 13.0. The summed E-state index contributed by atoms with van der Waals surface area (Å²) in [6.07, 6.45) is 11.5. The number of pyridine rings is 1. The Hall–Kier alpha value is -3.06. The summed E-state index contributed by atoms with van der Waals surface area (Å²) < 4.78 is 5.61. The Labute approximate surface area is 207 Å². The third kappa shape index (κ3) is 6.54. The fraction of sp³-hybridized carbons (Fsp3) is 0.500. The lowest BCUT2D eigenvalue weighted by Gasteiger charge is -2.32. The van der Waals surface area contributed by atoms with Crippen LogP contribution in [0.5, 0.6) is 0 Å². The number of amides is 1. The van der Waals surface area contributed by atoms with E-state index in [1.54, 1.807) is 12.4 Å². The number of benzene rings is 1. The minimum atomic E-state index is 0.0631. The lowest BCUT2D eigenvalue weighted by atomic mass is 9.83. The first-order valence-electron chi connectivity index (χ1n) is 13.0. The molecule has 1 aliphatic heterocycles. The third-order valence-electron chi connectivity index (χ3n) is 7.50. The van der Waals surface area contributed by atoms with Gasteiger partial charge in [0.25, 0.3) is 0 Å². The predicted octanol–water partition coefficient (Wildman–Crippen LogP) is 4.67. The van der Waals surface area contributed by atoms with Gasteiger partial charge in [-0.15, -0.1) is 0 Å². The van der Waals surface area contributed by atoms with Crippen molar-refractivity contribution in [2.24, 2.45) is 5.92 Å². The van der Waals surface area contributed by atoms with E-state index in [-0.39, 0.29) is 11.9 Å². The number of piperidine rings is 1. The number of carbonyl (C=O) groups excluding carboxylic acids is 1. The number of nitrogens with zero attached hydrogens (tertiary/aromatic N) is 4. The van der Waals surface area contributed by atoms with E-state index in [4.69, 9.17) is 4.52 Å².